The van der Waals surface area contributed by atoms with E-state index in [1.807, 2.05) is 62.4 Å². The Morgan fingerprint density at radius 1 is 0.576 bits per heavy atom. The molecule has 0 unspecified atom stereocenters. The van der Waals surface area contributed by atoms with Gasteiger partial charge in [-0.2, -0.15) is 0 Å². The Morgan fingerprint density at radius 3 is 0.970 bits per heavy atom. The van der Waals surface area contributed by atoms with Crippen molar-refractivity contribution in [1.82, 2.24) is 19.9 Å². The topological polar surface area (TPSA) is 51.6 Å². The summed E-state index contributed by atoms with van der Waals surface area (Å²) in [4.78, 5) is 15.8. The van der Waals surface area contributed by atoms with E-state index in [4.69, 9.17) is 19.4 Å². The number of allylic oxidation sites excluding steroid dienone is 1. The molecule has 7 heteroatoms. The van der Waals surface area contributed by atoms with Gasteiger partial charge in [-0.3, -0.25) is 19.9 Å². The van der Waals surface area contributed by atoms with E-state index in [1.165, 1.54) is 22.3 Å². The molecule has 0 aliphatic rings. The average molecular weight is 565 g/mol. The quantitative estimate of drug-likeness (QED) is 0.147. The van der Waals surface area contributed by atoms with E-state index < -0.39 is 13.5 Å². The van der Waals surface area contributed by atoms with E-state index in [-0.39, 0.29) is 7.43 Å². The van der Waals surface area contributed by atoms with Crippen LogP contribution in [0.2, 0.25) is 0 Å². The van der Waals surface area contributed by atoms with Gasteiger partial charge in [0.05, 0.1) is 0 Å². The molecule has 4 aromatic heterocycles. The first-order valence-corrected chi connectivity index (χ1v) is 14.8. The fraction of sp³-hybridized carbons (Fsp3) is 0.0769. The van der Waals surface area contributed by atoms with E-state index >= 15 is 0 Å². The van der Waals surface area contributed by atoms with E-state index in [1.54, 1.807) is 49.6 Å². The van der Waals surface area contributed by atoms with Gasteiger partial charge in [-0.25, -0.2) is 0 Å². The van der Waals surface area contributed by atoms with Crippen molar-refractivity contribution in [2.24, 2.45) is 0 Å². The van der Waals surface area contributed by atoms with Crippen molar-refractivity contribution in [1.29, 1.82) is 0 Å². The van der Waals surface area contributed by atoms with Crippen molar-refractivity contribution in [3.8, 4) is 22.3 Å². The number of halogens is 2. The summed E-state index contributed by atoms with van der Waals surface area (Å²) in [6, 6.07) is 15.9. The molecule has 4 aromatic rings. The summed E-state index contributed by atoms with van der Waals surface area (Å²) in [5.41, 5.74) is 8.57. The molecule has 0 saturated carbocycles. The molecule has 4 heterocycles. The van der Waals surface area contributed by atoms with Gasteiger partial charge in [-0.05, 0) is 70.8 Å². The van der Waals surface area contributed by atoms with Crippen LogP contribution in [0, 0.1) is 7.43 Å². The Bertz CT molecular complexity index is 982. The first-order valence-electron chi connectivity index (χ1n) is 9.49. The molecule has 0 atom stereocenters. The maximum absolute atomic E-state index is 5.44. The SMILES string of the molecule is CC(C)=C=[C]=[Ru]([Cl])[Cl].[CH3-].c1cc(-c2ccncc2)ccn1.c1cc(-c2ccncc2)ccn1. The van der Waals surface area contributed by atoms with Gasteiger partial charge in [0.1, 0.15) is 0 Å². The Morgan fingerprint density at radius 2 is 0.818 bits per heavy atom. The summed E-state index contributed by atoms with van der Waals surface area (Å²) in [6.45, 7) is 3.86. The summed E-state index contributed by atoms with van der Waals surface area (Å²) in [6.07, 6.45) is 14.3. The molecule has 0 fully saturated rings. The molecule has 0 aliphatic heterocycles. The van der Waals surface area contributed by atoms with Crippen LogP contribution in [0.3, 0.4) is 0 Å². The summed E-state index contributed by atoms with van der Waals surface area (Å²) < 4.78 is 2.73. The molecule has 0 spiro atoms. The molecular weight excluding hydrogens is 540 g/mol. The van der Waals surface area contributed by atoms with Crippen LogP contribution in [0.25, 0.3) is 22.3 Å². The van der Waals surface area contributed by atoms with Gasteiger partial charge in [0.25, 0.3) is 0 Å². The molecule has 172 valence electrons. The van der Waals surface area contributed by atoms with Crippen molar-refractivity contribution >= 4 is 23.6 Å². The van der Waals surface area contributed by atoms with Crippen LogP contribution in [-0.2, 0) is 13.5 Å². The van der Waals surface area contributed by atoms with Gasteiger partial charge in [0, 0.05) is 49.6 Å². The van der Waals surface area contributed by atoms with Crippen molar-refractivity contribution in [2.75, 3.05) is 0 Å². The van der Waals surface area contributed by atoms with Crippen LogP contribution in [0.1, 0.15) is 13.8 Å². The van der Waals surface area contributed by atoms with Gasteiger partial charge in [-0.15, -0.1) is 0 Å². The third kappa shape index (κ3) is 12.2. The van der Waals surface area contributed by atoms with Gasteiger partial charge in [0.2, 0.25) is 0 Å². The van der Waals surface area contributed by atoms with E-state index in [2.05, 4.69) is 29.9 Å². The van der Waals surface area contributed by atoms with Crippen LogP contribution in [0.4, 0.5) is 0 Å². The molecule has 0 aliphatic carbocycles. The van der Waals surface area contributed by atoms with Crippen LogP contribution in [0.5, 0.6) is 0 Å². The van der Waals surface area contributed by atoms with Gasteiger partial charge < -0.3 is 7.43 Å². The Kier molecular flexibility index (Phi) is 14.4. The molecule has 0 amide bonds. The first-order chi connectivity index (χ1) is 15.6. The van der Waals surface area contributed by atoms with Crippen molar-refractivity contribution in [3.63, 3.8) is 0 Å². The maximum Gasteiger partial charge on any atom is 0.0273 e. The van der Waals surface area contributed by atoms with Crippen molar-refractivity contribution in [3.05, 3.63) is 117 Å². The molecule has 0 aromatic carbocycles. The minimum atomic E-state index is -1.70. The predicted molar refractivity (Wildman–Crippen MR) is 136 cm³/mol. The largest absolute Gasteiger partial charge is 0.358 e. The zero-order valence-electron chi connectivity index (χ0n) is 18.6. The molecule has 0 radical (unpaired) electrons. The maximum atomic E-state index is 5.44. The normalized spacial score (nSPS) is 9.27. The third-order valence-corrected chi connectivity index (χ3v) is 5.09. The zero-order chi connectivity index (χ0) is 23.0. The zero-order valence-corrected chi connectivity index (χ0v) is 21.9. The van der Waals surface area contributed by atoms with Gasteiger partial charge in [-0.1, -0.05) is 0 Å². The van der Waals surface area contributed by atoms with Crippen LogP contribution >= 0.6 is 19.4 Å². The average Bonchev–Trinajstić information content (AvgIpc) is 2.86. The van der Waals surface area contributed by atoms with Crippen LogP contribution < -0.4 is 0 Å². The Labute approximate surface area is 209 Å². The number of aromatic nitrogens is 4. The summed E-state index contributed by atoms with van der Waals surface area (Å²) in [5.74, 6) is 0. The Hall–Kier alpha value is -2.77. The van der Waals surface area contributed by atoms with E-state index in [0.717, 1.165) is 5.57 Å². The minimum absolute atomic E-state index is 0. The second-order valence-electron chi connectivity index (χ2n) is 6.34. The van der Waals surface area contributed by atoms with Gasteiger partial charge >= 0.3 is 62.3 Å². The predicted octanol–water partition coefficient (Wildman–Crippen LogP) is 7.17. The van der Waals surface area contributed by atoms with Crippen molar-refractivity contribution in [2.45, 2.75) is 13.8 Å². The second-order valence-corrected chi connectivity index (χ2v) is 11.7. The van der Waals surface area contributed by atoms with E-state index in [0.29, 0.717) is 0 Å². The summed E-state index contributed by atoms with van der Waals surface area (Å²) in [5, 5.41) is 0. The summed E-state index contributed by atoms with van der Waals surface area (Å²) >= 11 is -1.70. The molecule has 4 rings (SSSR count). The molecule has 0 bridgehead atoms. The number of rotatable bonds is 2. The second kappa shape index (κ2) is 16.8. The van der Waals surface area contributed by atoms with E-state index in [9.17, 15) is 0 Å². The third-order valence-electron chi connectivity index (χ3n) is 3.75. The number of hydrogen-bond acceptors (Lipinski definition) is 4. The molecule has 0 N–H and O–H groups in total. The standard InChI is InChI=1S/2C10H8N2.C5H6.CH3.2ClH.Ru/c2*1-5-11-6-2-9(1)10-3-7-12-8-4-10;1-4-5(2)3;;;;/h2*1-8H;2-3H3;1H3;2*1H;/q;;;-1;;;+2/p-2. The smallest absolute Gasteiger partial charge is 0.0273 e. The minimum Gasteiger partial charge on any atom is -0.358 e. The molecule has 0 saturated heterocycles. The van der Waals surface area contributed by atoms with Crippen LogP contribution in [0.15, 0.2) is 109 Å². The summed E-state index contributed by atoms with van der Waals surface area (Å²) in [7, 11) is 10.9. The fourth-order valence-corrected chi connectivity index (χ4v) is 3.29. The van der Waals surface area contributed by atoms with Crippen LogP contribution in [-0.4, -0.2) is 24.2 Å². The number of hydrogen-bond donors (Lipinski definition) is 0. The number of pyridine rings is 4. The Balaban J connectivity index is 0.000000250. The fourth-order valence-electron chi connectivity index (χ4n) is 2.30. The molecular formula is C26H25Cl2N4Ru-. The first kappa shape index (κ1) is 28.3. The van der Waals surface area contributed by atoms with Crippen molar-refractivity contribution < 1.29 is 13.5 Å². The monoisotopic (exact) mass is 565 g/mol. The molecule has 33 heavy (non-hydrogen) atoms. The molecule has 4 nitrogen and oxygen atoms in total. The number of nitrogens with zero attached hydrogens (tertiary/aromatic N) is 4. The van der Waals surface area contributed by atoms with Gasteiger partial charge in [0.15, 0.2) is 0 Å².